The van der Waals surface area contributed by atoms with E-state index >= 15 is 0 Å². The van der Waals surface area contributed by atoms with Crippen LogP contribution < -0.4 is 5.73 Å². The highest BCUT2D eigenvalue weighted by Gasteiger charge is 2.67. The van der Waals surface area contributed by atoms with E-state index in [1.54, 1.807) is 12.1 Å². The topological polar surface area (TPSA) is 43.1 Å². The average Bonchev–Trinajstić information content (AvgIpc) is 2.80. The number of carbonyl (C=O) groups excluding carboxylic acids is 1. The van der Waals surface area contributed by atoms with E-state index in [2.05, 4.69) is 0 Å². The molecule has 0 spiro atoms. The summed E-state index contributed by atoms with van der Waals surface area (Å²) in [5, 5.41) is 0.495. The van der Waals surface area contributed by atoms with Crippen LogP contribution in [-0.4, -0.2) is 5.78 Å². The average molecular weight is 262 g/mol. The fourth-order valence-electron chi connectivity index (χ4n) is 4.55. The Hall–Kier alpha value is -1.02. The molecule has 1 aromatic rings. The van der Waals surface area contributed by atoms with Crippen molar-refractivity contribution in [2.24, 2.45) is 29.6 Å². The third-order valence-corrected chi connectivity index (χ3v) is 5.65. The van der Waals surface area contributed by atoms with Gasteiger partial charge in [0.15, 0.2) is 5.78 Å². The molecule has 1 aromatic carbocycles. The Balaban J connectivity index is 1.60. The third-order valence-electron chi connectivity index (χ3n) is 5.32. The van der Waals surface area contributed by atoms with E-state index in [0.717, 1.165) is 17.4 Å². The molecule has 0 aliphatic heterocycles. The summed E-state index contributed by atoms with van der Waals surface area (Å²) in [6.45, 7) is 0. The first-order valence-corrected chi connectivity index (χ1v) is 7.14. The summed E-state index contributed by atoms with van der Waals surface area (Å²) in [5.41, 5.74) is 6.97. The fourth-order valence-corrected chi connectivity index (χ4v) is 4.73. The van der Waals surface area contributed by atoms with E-state index in [1.807, 2.05) is 6.07 Å². The zero-order chi connectivity index (χ0) is 12.4. The highest BCUT2D eigenvalue weighted by Crippen LogP contribution is 2.69. The van der Waals surface area contributed by atoms with Crippen LogP contribution in [-0.2, 0) is 0 Å². The van der Waals surface area contributed by atoms with Gasteiger partial charge < -0.3 is 5.73 Å². The number of Topliss-reactive ketones (excluding diaryl/α,β-unsaturated/α-hetero) is 1. The summed E-state index contributed by atoms with van der Waals surface area (Å²) in [4.78, 5) is 12.5. The number of anilines is 1. The Morgan fingerprint density at radius 2 is 1.89 bits per heavy atom. The van der Waals surface area contributed by atoms with Crippen LogP contribution in [0.15, 0.2) is 18.2 Å². The van der Waals surface area contributed by atoms with Crippen molar-refractivity contribution in [3.8, 4) is 0 Å². The van der Waals surface area contributed by atoms with E-state index in [-0.39, 0.29) is 5.92 Å². The van der Waals surface area contributed by atoms with Crippen LogP contribution in [0.25, 0.3) is 0 Å². The first-order chi connectivity index (χ1) is 8.66. The number of hydrogen-bond donors (Lipinski definition) is 1. The van der Waals surface area contributed by atoms with Gasteiger partial charge in [-0.3, -0.25) is 4.79 Å². The molecule has 3 heteroatoms. The van der Waals surface area contributed by atoms with Gasteiger partial charge in [-0.1, -0.05) is 11.6 Å². The molecule has 2 nitrogen and oxygen atoms in total. The minimum absolute atomic E-state index is 0.288. The normalized spacial score (nSPS) is 39.7. The Bertz CT molecular complexity index is 525. The van der Waals surface area contributed by atoms with E-state index in [9.17, 15) is 4.79 Å². The van der Waals surface area contributed by atoms with Crippen LogP contribution in [0.4, 0.5) is 5.69 Å². The van der Waals surface area contributed by atoms with Crippen molar-refractivity contribution in [3.63, 3.8) is 0 Å². The van der Waals surface area contributed by atoms with Gasteiger partial charge in [-0.15, -0.1) is 0 Å². The van der Waals surface area contributed by atoms with Crippen molar-refractivity contribution in [2.45, 2.75) is 19.3 Å². The summed E-state index contributed by atoms with van der Waals surface area (Å²) in [5.74, 6) is 3.62. The van der Waals surface area contributed by atoms with E-state index < -0.39 is 0 Å². The molecule has 94 valence electrons. The van der Waals surface area contributed by atoms with Crippen molar-refractivity contribution in [1.82, 2.24) is 0 Å². The molecule has 2 N–H and O–H groups in total. The monoisotopic (exact) mass is 261 g/mol. The molecule has 4 atom stereocenters. The number of carbonyl (C=O) groups is 1. The van der Waals surface area contributed by atoms with Gasteiger partial charge in [-0.05, 0) is 61.1 Å². The Kier molecular flexibility index (Phi) is 2.12. The zero-order valence-electron chi connectivity index (χ0n) is 10.1. The largest absolute Gasteiger partial charge is 0.398 e. The molecule has 3 fully saturated rings. The number of halogens is 1. The zero-order valence-corrected chi connectivity index (χ0v) is 10.9. The molecule has 3 aliphatic rings. The van der Waals surface area contributed by atoms with E-state index in [0.29, 0.717) is 28.3 Å². The Morgan fingerprint density at radius 1 is 1.22 bits per heavy atom. The van der Waals surface area contributed by atoms with Gasteiger partial charge in [-0.2, -0.15) is 0 Å². The summed E-state index contributed by atoms with van der Waals surface area (Å²) in [7, 11) is 0. The van der Waals surface area contributed by atoms with Crippen molar-refractivity contribution < 1.29 is 4.79 Å². The summed E-state index contributed by atoms with van der Waals surface area (Å²) in [6, 6.07) is 5.29. The van der Waals surface area contributed by atoms with Crippen LogP contribution >= 0.6 is 11.6 Å². The first kappa shape index (κ1) is 10.9. The van der Waals surface area contributed by atoms with E-state index in [1.165, 1.54) is 19.3 Å². The lowest BCUT2D eigenvalue weighted by Gasteiger charge is -2.08. The molecule has 0 aromatic heterocycles. The maximum atomic E-state index is 12.5. The van der Waals surface area contributed by atoms with Crippen LogP contribution in [0.3, 0.4) is 0 Å². The minimum Gasteiger partial charge on any atom is -0.398 e. The van der Waals surface area contributed by atoms with Crippen LogP contribution in [0.5, 0.6) is 0 Å². The van der Waals surface area contributed by atoms with Gasteiger partial charge in [0.25, 0.3) is 0 Å². The molecular weight excluding hydrogens is 246 g/mol. The lowest BCUT2D eigenvalue weighted by Crippen LogP contribution is -2.10. The molecule has 18 heavy (non-hydrogen) atoms. The van der Waals surface area contributed by atoms with Gasteiger partial charge in [-0.25, -0.2) is 0 Å². The molecular formula is C15H16ClNO. The van der Waals surface area contributed by atoms with Crippen molar-refractivity contribution >= 4 is 23.1 Å². The Labute approximate surface area is 112 Å². The van der Waals surface area contributed by atoms with Crippen molar-refractivity contribution in [1.29, 1.82) is 0 Å². The number of benzene rings is 1. The van der Waals surface area contributed by atoms with E-state index in [4.69, 9.17) is 17.3 Å². The summed E-state index contributed by atoms with van der Waals surface area (Å²) < 4.78 is 0. The smallest absolute Gasteiger partial charge is 0.166 e. The van der Waals surface area contributed by atoms with Crippen molar-refractivity contribution in [3.05, 3.63) is 28.8 Å². The van der Waals surface area contributed by atoms with Gasteiger partial charge in [0.05, 0.1) is 10.7 Å². The number of fused-ring (bicyclic) bond motifs is 5. The second-order valence-electron chi connectivity index (χ2n) is 6.11. The quantitative estimate of drug-likeness (QED) is 0.655. The maximum absolute atomic E-state index is 12.5. The number of hydrogen-bond acceptors (Lipinski definition) is 2. The lowest BCUT2D eigenvalue weighted by atomic mass is 9.96. The first-order valence-electron chi connectivity index (χ1n) is 6.76. The minimum atomic E-state index is 0.288. The maximum Gasteiger partial charge on any atom is 0.166 e. The molecule has 2 bridgehead atoms. The van der Waals surface area contributed by atoms with Crippen molar-refractivity contribution in [2.75, 3.05) is 5.73 Å². The summed E-state index contributed by atoms with van der Waals surface area (Å²) in [6.07, 6.45) is 4.07. The third kappa shape index (κ3) is 1.33. The molecule has 4 unspecified atom stereocenters. The second kappa shape index (κ2) is 3.51. The molecule has 0 heterocycles. The molecule has 3 aliphatic carbocycles. The van der Waals surface area contributed by atoms with Gasteiger partial charge in [0.1, 0.15) is 0 Å². The van der Waals surface area contributed by atoms with Gasteiger partial charge >= 0.3 is 0 Å². The summed E-state index contributed by atoms with van der Waals surface area (Å²) >= 11 is 6.00. The van der Waals surface area contributed by atoms with Crippen LogP contribution in [0.1, 0.15) is 29.6 Å². The SMILES string of the molecule is Nc1ccc(C(=O)C2C3C4CCC(C4)C23)cc1Cl. The lowest BCUT2D eigenvalue weighted by molar-refractivity contribution is 0.0944. The number of nitrogens with two attached hydrogens (primary N) is 1. The highest BCUT2D eigenvalue weighted by molar-refractivity contribution is 6.33. The predicted octanol–water partition coefficient (Wildman–Crippen LogP) is 3.40. The molecule has 0 amide bonds. The molecule has 3 saturated carbocycles. The Morgan fingerprint density at radius 3 is 2.50 bits per heavy atom. The molecule has 0 saturated heterocycles. The number of rotatable bonds is 2. The van der Waals surface area contributed by atoms with Gasteiger partial charge in [0.2, 0.25) is 0 Å². The fraction of sp³-hybridized carbons (Fsp3) is 0.533. The van der Waals surface area contributed by atoms with Crippen LogP contribution in [0, 0.1) is 29.6 Å². The molecule has 4 rings (SSSR count). The van der Waals surface area contributed by atoms with Gasteiger partial charge in [0, 0.05) is 11.5 Å². The second-order valence-corrected chi connectivity index (χ2v) is 6.52. The standard InChI is InChI=1S/C15H16ClNO/c16-10-6-9(3-4-11(10)17)15(18)14-12-7-1-2-8(5-7)13(12)14/h3-4,6-8,12-14H,1-2,5,17H2. The molecule has 0 radical (unpaired) electrons. The number of ketones is 1. The predicted molar refractivity (Wildman–Crippen MR) is 71.5 cm³/mol. The van der Waals surface area contributed by atoms with Crippen LogP contribution in [0.2, 0.25) is 5.02 Å². The highest BCUT2D eigenvalue weighted by atomic mass is 35.5. The number of nitrogen functional groups attached to an aromatic ring is 1.